The van der Waals surface area contributed by atoms with Crippen molar-refractivity contribution in [3.63, 3.8) is 0 Å². The molecule has 0 heterocycles. The van der Waals surface area contributed by atoms with Gasteiger partial charge in [0.25, 0.3) is 0 Å². The summed E-state index contributed by atoms with van der Waals surface area (Å²) < 4.78 is 0. The normalized spacial score (nSPS) is 13.3. The lowest BCUT2D eigenvalue weighted by Gasteiger charge is -2.18. The van der Waals surface area contributed by atoms with E-state index in [1.54, 1.807) is 23.9 Å². The lowest BCUT2D eigenvalue weighted by Crippen LogP contribution is -2.41. The van der Waals surface area contributed by atoms with E-state index < -0.39 is 12.1 Å². The van der Waals surface area contributed by atoms with Gasteiger partial charge in [-0.2, -0.15) is 11.8 Å². The van der Waals surface area contributed by atoms with Crippen molar-refractivity contribution in [3.05, 3.63) is 29.8 Å². The lowest BCUT2D eigenvalue weighted by molar-refractivity contribution is -0.123. The first kappa shape index (κ1) is 17.3. The van der Waals surface area contributed by atoms with E-state index in [1.807, 2.05) is 25.3 Å². The van der Waals surface area contributed by atoms with Crippen LogP contribution in [0, 0.1) is 0 Å². The van der Waals surface area contributed by atoms with Crippen LogP contribution in [-0.4, -0.2) is 30.0 Å². The maximum atomic E-state index is 11.9. The van der Waals surface area contributed by atoms with Crippen LogP contribution in [0.15, 0.2) is 24.3 Å². The van der Waals surface area contributed by atoms with Gasteiger partial charge in [-0.1, -0.05) is 12.1 Å². The molecule has 6 nitrogen and oxygen atoms in total. The van der Waals surface area contributed by atoms with Crippen LogP contribution in [0.4, 0.5) is 10.5 Å². The molecule has 0 aromatic heterocycles. The number of benzene rings is 1. The molecule has 0 saturated heterocycles. The number of anilines is 1. The summed E-state index contributed by atoms with van der Waals surface area (Å²) in [4.78, 5) is 22.7. The number of nitrogens with two attached hydrogens (primary N) is 2. The van der Waals surface area contributed by atoms with Crippen LogP contribution in [-0.2, 0) is 4.79 Å². The molecule has 2 atom stereocenters. The molecular weight excluding hydrogens is 288 g/mol. The van der Waals surface area contributed by atoms with E-state index in [4.69, 9.17) is 11.5 Å². The fourth-order valence-corrected chi connectivity index (χ4v) is 2.27. The summed E-state index contributed by atoms with van der Waals surface area (Å²) in [5.41, 5.74) is 12.4. The number of carbonyl (C=O) groups excluding carboxylic acids is 2. The Morgan fingerprint density at radius 1 is 1.29 bits per heavy atom. The van der Waals surface area contributed by atoms with Crippen molar-refractivity contribution in [1.29, 1.82) is 0 Å². The molecule has 0 aliphatic heterocycles. The molecule has 21 heavy (non-hydrogen) atoms. The number of hydrogen-bond acceptors (Lipinski definition) is 4. The summed E-state index contributed by atoms with van der Waals surface area (Å²) in [6.07, 6.45) is 2.64. The maximum absolute atomic E-state index is 11.9. The Labute approximate surface area is 129 Å². The van der Waals surface area contributed by atoms with Crippen LogP contribution >= 0.6 is 11.8 Å². The molecule has 6 N–H and O–H groups in total. The number of nitrogens with one attached hydrogen (secondary N) is 2. The molecule has 1 rings (SSSR count). The van der Waals surface area contributed by atoms with E-state index in [9.17, 15) is 9.59 Å². The molecule has 0 saturated carbocycles. The van der Waals surface area contributed by atoms with E-state index in [2.05, 4.69) is 10.6 Å². The molecule has 0 aliphatic carbocycles. The van der Waals surface area contributed by atoms with Crippen LogP contribution in [0.5, 0.6) is 0 Å². The highest BCUT2D eigenvalue weighted by Gasteiger charge is 2.16. The minimum Gasteiger partial charge on any atom is -0.351 e. The summed E-state index contributed by atoms with van der Waals surface area (Å²) >= 11 is 1.66. The SMILES string of the molecule is CSCC[C@@H](N)C(=O)NC(C)c1ccc(NC(N)=O)cc1. The molecule has 0 fully saturated rings. The van der Waals surface area contributed by atoms with Crippen molar-refractivity contribution in [2.24, 2.45) is 11.5 Å². The second-order valence-electron chi connectivity index (χ2n) is 4.73. The van der Waals surface area contributed by atoms with Crippen molar-refractivity contribution in [3.8, 4) is 0 Å². The first-order valence-corrected chi connectivity index (χ1v) is 8.04. The number of urea groups is 1. The second kappa shape index (κ2) is 8.53. The molecule has 7 heteroatoms. The predicted molar refractivity (Wildman–Crippen MR) is 87.2 cm³/mol. The van der Waals surface area contributed by atoms with Gasteiger partial charge in [-0.05, 0) is 43.0 Å². The van der Waals surface area contributed by atoms with Crippen molar-refractivity contribution in [1.82, 2.24) is 5.32 Å². The third-order valence-electron chi connectivity index (χ3n) is 3.01. The van der Waals surface area contributed by atoms with E-state index in [0.29, 0.717) is 12.1 Å². The summed E-state index contributed by atoms with van der Waals surface area (Å²) in [6.45, 7) is 1.88. The molecule has 0 aliphatic rings. The second-order valence-corrected chi connectivity index (χ2v) is 5.72. The Balaban J connectivity index is 2.56. The van der Waals surface area contributed by atoms with Gasteiger partial charge in [0, 0.05) is 5.69 Å². The van der Waals surface area contributed by atoms with Gasteiger partial charge in [-0.3, -0.25) is 4.79 Å². The Hall–Kier alpha value is -1.73. The third kappa shape index (κ3) is 6.05. The molecule has 1 aromatic carbocycles. The Morgan fingerprint density at radius 3 is 2.43 bits per heavy atom. The van der Waals surface area contributed by atoms with E-state index in [1.165, 1.54) is 0 Å². The first-order chi connectivity index (χ1) is 9.93. The molecule has 0 radical (unpaired) electrons. The smallest absolute Gasteiger partial charge is 0.316 e. The molecule has 3 amide bonds. The van der Waals surface area contributed by atoms with E-state index in [-0.39, 0.29) is 11.9 Å². The Morgan fingerprint density at radius 2 is 1.90 bits per heavy atom. The van der Waals surface area contributed by atoms with E-state index in [0.717, 1.165) is 11.3 Å². The Bertz CT molecular complexity index is 478. The maximum Gasteiger partial charge on any atom is 0.316 e. The fraction of sp³-hybridized carbons (Fsp3) is 0.429. The van der Waals surface area contributed by atoms with Gasteiger partial charge >= 0.3 is 6.03 Å². The summed E-state index contributed by atoms with van der Waals surface area (Å²) in [5, 5.41) is 5.36. The van der Waals surface area contributed by atoms with Gasteiger partial charge in [0.15, 0.2) is 0 Å². The number of primary amides is 1. The third-order valence-corrected chi connectivity index (χ3v) is 3.65. The predicted octanol–water partition coefficient (Wildman–Crippen LogP) is 1.43. The van der Waals surface area contributed by atoms with Crippen LogP contribution in [0.2, 0.25) is 0 Å². The zero-order valence-electron chi connectivity index (χ0n) is 12.3. The highest BCUT2D eigenvalue weighted by molar-refractivity contribution is 7.98. The minimum absolute atomic E-state index is 0.152. The first-order valence-electron chi connectivity index (χ1n) is 6.65. The monoisotopic (exact) mass is 310 g/mol. The van der Waals surface area contributed by atoms with Gasteiger partial charge in [-0.15, -0.1) is 0 Å². The summed E-state index contributed by atoms with van der Waals surface area (Å²) in [5.74, 6) is 0.701. The van der Waals surface area contributed by atoms with E-state index >= 15 is 0 Å². The average Bonchev–Trinajstić information content (AvgIpc) is 2.44. The number of carbonyl (C=O) groups is 2. The number of amides is 3. The number of rotatable bonds is 7. The topological polar surface area (TPSA) is 110 Å². The highest BCUT2D eigenvalue weighted by Crippen LogP contribution is 2.16. The van der Waals surface area contributed by atoms with Gasteiger partial charge in [-0.25, -0.2) is 4.79 Å². The fourth-order valence-electron chi connectivity index (χ4n) is 1.78. The zero-order valence-corrected chi connectivity index (χ0v) is 13.1. The molecule has 1 aromatic rings. The largest absolute Gasteiger partial charge is 0.351 e. The van der Waals surface area contributed by atoms with Crippen LogP contribution in [0.1, 0.15) is 24.9 Å². The van der Waals surface area contributed by atoms with Crippen molar-refractivity contribution in [2.75, 3.05) is 17.3 Å². The molecule has 0 spiro atoms. The van der Waals surface area contributed by atoms with Crippen LogP contribution < -0.4 is 22.1 Å². The number of hydrogen-bond donors (Lipinski definition) is 4. The average molecular weight is 310 g/mol. The highest BCUT2D eigenvalue weighted by atomic mass is 32.2. The lowest BCUT2D eigenvalue weighted by atomic mass is 10.1. The Kier molecular flexibility index (Phi) is 7.04. The summed E-state index contributed by atoms with van der Waals surface area (Å²) in [7, 11) is 0. The van der Waals surface area contributed by atoms with Crippen molar-refractivity contribution in [2.45, 2.75) is 25.4 Å². The van der Waals surface area contributed by atoms with Crippen LogP contribution in [0.25, 0.3) is 0 Å². The van der Waals surface area contributed by atoms with Crippen LogP contribution in [0.3, 0.4) is 0 Å². The molecule has 1 unspecified atom stereocenters. The van der Waals surface area contributed by atoms with Crippen molar-refractivity contribution < 1.29 is 9.59 Å². The molecule has 0 bridgehead atoms. The van der Waals surface area contributed by atoms with Crippen molar-refractivity contribution >= 4 is 29.4 Å². The molecule has 116 valence electrons. The molecular formula is C14H22N4O2S. The standard InChI is InChI=1S/C14H22N4O2S/c1-9(17-13(19)12(15)7-8-21-2)10-3-5-11(6-4-10)18-14(16)20/h3-6,9,12H,7-8,15H2,1-2H3,(H,17,19)(H3,16,18,20)/t9?,12-/m1/s1. The van der Waals surface area contributed by atoms with Gasteiger partial charge < -0.3 is 22.1 Å². The quantitative estimate of drug-likeness (QED) is 0.610. The minimum atomic E-state index is -0.608. The van der Waals surface area contributed by atoms with Gasteiger partial charge in [0.1, 0.15) is 0 Å². The van der Waals surface area contributed by atoms with Gasteiger partial charge in [0.2, 0.25) is 5.91 Å². The summed E-state index contributed by atoms with van der Waals surface area (Å²) in [6, 6.07) is 5.86. The van der Waals surface area contributed by atoms with Gasteiger partial charge in [0.05, 0.1) is 12.1 Å². The number of thioether (sulfide) groups is 1. The zero-order chi connectivity index (χ0) is 15.8.